The van der Waals surface area contributed by atoms with Crippen LogP contribution in [-0.4, -0.2) is 15.1 Å². The SMILES string of the molecule is Cc1ccc2cc(-c3noc(C(C)(C)C)n3)c(=O)[nH]c2c1. The molecule has 5 heteroatoms. The molecule has 5 nitrogen and oxygen atoms in total. The van der Waals surface area contributed by atoms with Crippen LogP contribution in [0, 0.1) is 6.92 Å². The summed E-state index contributed by atoms with van der Waals surface area (Å²) in [5.41, 5.74) is 1.87. The van der Waals surface area contributed by atoms with Crippen LogP contribution in [0.1, 0.15) is 32.2 Å². The molecule has 108 valence electrons. The van der Waals surface area contributed by atoms with Gasteiger partial charge in [-0.15, -0.1) is 0 Å². The smallest absolute Gasteiger partial charge is 0.259 e. The molecular formula is C16H17N3O2. The Morgan fingerprint density at radius 1 is 1.19 bits per heavy atom. The summed E-state index contributed by atoms with van der Waals surface area (Å²) in [6.45, 7) is 7.94. The lowest BCUT2D eigenvalue weighted by Crippen LogP contribution is -2.12. The quantitative estimate of drug-likeness (QED) is 0.744. The van der Waals surface area contributed by atoms with Gasteiger partial charge in [-0.25, -0.2) is 0 Å². The Labute approximate surface area is 122 Å². The standard InChI is InChI=1S/C16H17N3O2/c1-9-5-6-10-8-11(14(20)17-12(10)7-9)13-18-15(21-19-13)16(2,3)4/h5-8H,1-4H3,(H,17,20). The normalized spacial score (nSPS) is 12.0. The molecule has 2 aromatic heterocycles. The first-order valence-corrected chi connectivity index (χ1v) is 6.83. The highest BCUT2D eigenvalue weighted by Gasteiger charge is 2.23. The van der Waals surface area contributed by atoms with Gasteiger partial charge in [0.1, 0.15) is 0 Å². The van der Waals surface area contributed by atoms with Gasteiger partial charge in [0.2, 0.25) is 11.7 Å². The Balaban J connectivity index is 2.16. The summed E-state index contributed by atoms with van der Waals surface area (Å²) >= 11 is 0. The average Bonchev–Trinajstić information content (AvgIpc) is 2.87. The van der Waals surface area contributed by atoms with Crippen LogP contribution in [0.5, 0.6) is 0 Å². The summed E-state index contributed by atoms with van der Waals surface area (Å²) in [5, 5.41) is 4.87. The third-order valence-electron chi connectivity index (χ3n) is 3.31. The van der Waals surface area contributed by atoms with E-state index in [1.807, 2.05) is 45.9 Å². The van der Waals surface area contributed by atoms with Crippen molar-refractivity contribution < 1.29 is 4.52 Å². The van der Waals surface area contributed by atoms with Crippen molar-refractivity contribution in [2.45, 2.75) is 33.1 Å². The zero-order valence-corrected chi connectivity index (χ0v) is 12.5. The van der Waals surface area contributed by atoms with Crippen molar-refractivity contribution in [3.8, 4) is 11.4 Å². The van der Waals surface area contributed by atoms with E-state index >= 15 is 0 Å². The Bertz CT molecular complexity index is 869. The molecule has 2 heterocycles. The molecule has 21 heavy (non-hydrogen) atoms. The van der Waals surface area contributed by atoms with Gasteiger partial charge in [-0.2, -0.15) is 4.98 Å². The minimum atomic E-state index is -0.244. The van der Waals surface area contributed by atoms with Gasteiger partial charge in [-0.05, 0) is 30.0 Å². The summed E-state index contributed by atoms with van der Waals surface area (Å²) in [6.07, 6.45) is 0. The van der Waals surface area contributed by atoms with Gasteiger partial charge < -0.3 is 9.51 Å². The number of benzene rings is 1. The van der Waals surface area contributed by atoms with Crippen LogP contribution in [0.15, 0.2) is 33.6 Å². The molecule has 0 saturated heterocycles. The molecule has 0 amide bonds. The number of aromatic nitrogens is 3. The first-order chi connectivity index (χ1) is 9.84. The summed E-state index contributed by atoms with van der Waals surface area (Å²) in [5.74, 6) is 0.838. The molecule has 0 atom stereocenters. The van der Waals surface area contributed by atoms with Crippen molar-refractivity contribution in [3.05, 3.63) is 46.1 Å². The first kappa shape index (κ1) is 13.5. The Kier molecular flexibility index (Phi) is 2.93. The maximum atomic E-state index is 12.2. The number of aromatic amines is 1. The minimum Gasteiger partial charge on any atom is -0.338 e. The van der Waals surface area contributed by atoms with Gasteiger partial charge in [-0.3, -0.25) is 4.79 Å². The second-order valence-corrected chi connectivity index (χ2v) is 6.28. The van der Waals surface area contributed by atoms with Gasteiger partial charge in [0.25, 0.3) is 5.56 Å². The highest BCUT2D eigenvalue weighted by Crippen LogP contribution is 2.23. The zero-order chi connectivity index (χ0) is 15.2. The van der Waals surface area contributed by atoms with Crippen LogP contribution in [0.3, 0.4) is 0 Å². The lowest BCUT2D eigenvalue weighted by atomic mass is 9.97. The maximum Gasteiger partial charge on any atom is 0.259 e. The number of aryl methyl sites for hydroxylation is 1. The molecule has 0 saturated carbocycles. The molecule has 0 aliphatic rings. The number of nitrogens with zero attached hydrogens (tertiary/aromatic N) is 2. The van der Waals surface area contributed by atoms with E-state index in [2.05, 4.69) is 15.1 Å². The van der Waals surface area contributed by atoms with E-state index < -0.39 is 0 Å². The minimum absolute atomic E-state index is 0.214. The van der Waals surface area contributed by atoms with Crippen LogP contribution in [0.4, 0.5) is 0 Å². The van der Waals surface area contributed by atoms with Crippen LogP contribution in [0.25, 0.3) is 22.3 Å². The van der Waals surface area contributed by atoms with Crippen LogP contribution < -0.4 is 5.56 Å². The van der Waals surface area contributed by atoms with Crippen molar-refractivity contribution in [2.75, 3.05) is 0 Å². The molecule has 3 rings (SSSR count). The Hall–Kier alpha value is -2.43. The molecule has 0 bridgehead atoms. The van der Waals surface area contributed by atoms with Crippen molar-refractivity contribution in [1.29, 1.82) is 0 Å². The largest absolute Gasteiger partial charge is 0.338 e. The number of hydrogen-bond acceptors (Lipinski definition) is 4. The molecule has 1 aromatic carbocycles. The third kappa shape index (κ3) is 2.46. The zero-order valence-electron chi connectivity index (χ0n) is 12.5. The molecule has 0 aliphatic heterocycles. The first-order valence-electron chi connectivity index (χ1n) is 6.83. The average molecular weight is 283 g/mol. The number of hydrogen-bond donors (Lipinski definition) is 1. The topological polar surface area (TPSA) is 71.8 Å². The van der Waals surface area contributed by atoms with Gasteiger partial charge in [0.05, 0.1) is 5.56 Å². The number of fused-ring (bicyclic) bond motifs is 1. The number of H-pyrrole nitrogens is 1. The van der Waals surface area contributed by atoms with Crippen molar-refractivity contribution in [2.24, 2.45) is 0 Å². The van der Waals surface area contributed by atoms with E-state index in [0.717, 1.165) is 16.5 Å². The Morgan fingerprint density at radius 3 is 2.62 bits per heavy atom. The van der Waals surface area contributed by atoms with Crippen LogP contribution in [-0.2, 0) is 5.41 Å². The molecular weight excluding hydrogens is 266 g/mol. The fourth-order valence-corrected chi connectivity index (χ4v) is 2.12. The summed E-state index contributed by atoms with van der Waals surface area (Å²) in [6, 6.07) is 7.71. The van der Waals surface area contributed by atoms with E-state index in [1.54, 1.807) is 6.07 Å². The van der Waals surface area contributed by atoms with E-state index in [4.69, 9.17) is 4.52 Å². The Morgan fingerprint density at radius 2 is 1.95 bits per heavy atom. The fraction of sp³-hybridized carbons (Fsp3) is 0.312. The molecule has 3 aromatic rings. The monoisotopic (exact) mass is 283 g/mol. The van der Waals surface area contributed by atoms with E-state index in [0.29, 0.717) is 17.3 Å². The number of rotatable bonds is 1. The van der Waals surface area contributed by atoms with Crippen molar-refractivity contribution in [1.82, 2.24) is 15.1 Å². The van der Waals surface area contributed by atoms with E-state index in [9.17, 15) is 4.79 Å². The molecule has 0 unspecified atom stereocenters. The van der Waals surface area contributed by atoms with Crippen molar-refractivity contribution >= 4 is 10.9 Å². The molecule has 0 fully saturated rings. The lowest BCUT2D eigenvalue weighted by molar-refractivity contribution is 0.321. The second-order valence-electron chi connectivity index (χ2n) is 6.28. The maximum absolute atomic E-state index is 12.2. The van der Waals surface area contributed by atoms with Gasteiger partial charge >= 0.3 is 0 Å². The van der Waals surface area contributed by atoms with Gasteiger partial charge in [0, 0.05) is 10.9 Å². The van der Waals surface area contributed by atoms with Crippen LogP contribution in [0.2, 0.25) is 0 Å². The summed E-state index contributed by atoms with van der Waals surface area (Å²) < 4.78 is 5.26. The molecule has 0 radical (unpaired) electrons. The molecule has 0 spiro atoms. The van der Waals surface area contributed by atoms with E-state index in [-0.39, 0.29) is 11.0 Å². The van der Waals surface area contributed by atoms with Crippen LogP contribution >= 0.6 is 0 Å². The number of pyridine rings is 1. The number of nitrogens with one attached hydrogen (secondary N) is 1. The lowest BCUT2D eigenvalue weighted by Gasteiger charge is -2.10. The predicted octanol–water partition coefficient (Wildman–Crippen LogP) is 3.18. The highest BCUT2D eigenvalue weighted by atomic mass is 16.5. The molecule has 1 N–H and O–H groups in total. The summed E-state index contributed by atoms with van der Waals surface area (Å²) in [4.78, 5) is 19.4. The molecule has 0 aliphatic carbocycles. The van der Waals surface area contributed by atoms with Gasteiger partial charge in [0.15, 0.2) is 0 Å². The van der Waals surface area contributed by atoms with Crippen molar-refractivity contribution in [3.63, 3.8) is 0 Å². The third-order valence-corrected chi connectivity index (χ3v) is 3.31. The summed E-state index contributed by atoms with van der Waals surface area (Å²) in [7, 11) is 0. The predicted molar refractivity (Wildman–Crippen MR) is 81.3 cm³/mol. The second kappa shape index (κ2) is 4.55. The fourth-order valence-electron chi connectivity index (χ4n) is 2.12. The van der Waals surface area contributed by atoms with E-state index in [1.165, 1.54) is 0 Å². The highest BCUT2D eigenvalue weighted by molar-refractivity contribution is 5.82. The van der Waals surface area contributed by atoms with Gasteiger partial charge in [-0.1, -0.05) is 38.1 Å².